The molecule has 26 heavy (non-hydrogen) atoms. The van der Waals surface area contributed by atoms with Gasteiger partial charge in [0.15, 0.2) is 5.96 Å². The van der Waals surface area contributed by atoms with Crippen molar-refractivity contribution < 1.29 is 4.74 Å². The third-order valence-corrected chi connectivity index (χ3v) is 5.77. The molecule has 1 fully saturated rings. The van der Waals surface area contributed by atoms with Gasteiger partial charge < -0.3 is 15.0 Å². The first-order valence-electron chi connectivity index (χ1n) is 9.39. The summed E-state index contributed by atoms with van der Waals surface area (Å²) in [5, 5.41) is 4.68. The molecule has 2 heterocycles. The number of rotatable bonds is 6. The van der Waals surface area contributed by atoms with E-state index in [0.717, 1.165) is 57.0 Å². The molecule has 1 aliphatic heterocycles. The number of aliphatic imine (C=N–C) groups is 1. The van der Waals surface area contributed by atoms with E-state index in [1.165, 1.54) is 9.88 Å². The van der Waals surface area contributed by atoms with Crippen LogP contribution in [0.15, 0.2) is 41.5 Å². The lowest BCUT2D eigenvalue weighted by Crippen LogP contribution is -2.47. The van der Waals surface area contributed by atoms with E-state index in [4.69, 9.17) is 4.74 Å². The second-order valence-electron chi connectivity index (χ2n) is 6.42. The number of aromatic nitrogens is 1. The van der Waals surface area contributed by atoms with Crippen molar-refractivity contribution in [2.45, 2.75) is 38.7 Å². The van der Waals surface area contributed by atoms with Gasteiger partial charge >= 0.3 is 0 Å². The maximum absolute atomic E-state index is 6.08. The Kier molecular flexibility index (Phi) is 6.89. The highest BCUT2D eigenvalue weighted by Crippen LogP contribution is 2.19. The van der Waals surface area contributed by atoms with Gasteiger partial charge in [0.05, 0.1) is 5.01 Å². The minimum absolute atomic E-state index is 0.287. The Bertz CT molecular complexity index is 693. The van der Waals surface area contributed by atoms with E-state index in [1.807, 2.05) is 54.9 Å². The predicted octanol–water partition coefficient (Wildman–Crippen LogP) is 3.37. The fourth-order valence-corrected chi connectivity index (χ4v) is 3.98. The van der Waals surface area contributed by atoms with Crippen molar-refractivity contribution in [3.8, 4) is 5.75 Å². The van der Waals surface area contributed by atoms with Crippen LogP contribution in [0, 0.1) is 0 Å². The SMILES string of the molecule is CCc1cnc(CCNC(=NC)N2CCC(Oc3ccccc3)CC2)s1. The monoisotopic (exact) mass is 372 g/mol. The van der Waals surface area contributed by atoms with Gasteiger partial charge in [0.1, 0.15) is 11.9 Å². The molecule has 0 aliphatic carbocycles. The van der Waals surface area contributed by atoms with E-state index < -0.39 is 0 Å². The molecule has 0 bridgehead atoms. The average molecular weight is 373 g/mol. The van der Waals surface area contributed by atoms with E-state index in [1.54, 1.807) is 0 Å². The van der Waals surface area contributed by atoms with Crippen molar-refractivity contribution in [1.82, 2.24) is 15.2 Å². The highest BCUT2D eigenvalue weighted by molar-refractivity contribution is 7.11. The standard InChI is InChI=1S/C20H28N4OS/c1-3-18-15-23-19(26-18)9-12-22-20(21-2)24-13-10-17(11-14-24)25-16-7-5-4-6-8-16/h4-8,15,17H,3,9-14H2,1-2H3,(H,21,22). The lowest BCUT2D eigenvalue weighted by molar-refractivity contribution is 0.129. The molecular weight excluding hydrogens is 344 g/mol. The van der Waals surface area contributed by atoms with Gasteiger partial charge in [-0.2, -0.15) is 0 Å². The fourth-order valence-electron chi connectivity index (χ4n) is 3.12. The van der Waals surface area contributed by atoms with Crippen LogP contribution in [0.2, 0.25) is 0 Å². The first-order valence-corrected chi connectivity index (χ1v) is 10.2. The van der Waals surface area contributed by atoms with Gasteiger partial charge in [-0.15, -0.1) is 11.3 Å². The first kappa shape index (κ1) is 18.7. The Balaban J connectivity index is 1.41. The van der Waals surface area contributed by atoms with Crippen LogP contribution in [0.4, 0.5) is 0 Å². The van der Waals surface area contributed by atoms with E-state index >= 15 is 0 Å². The molecule has 0 amide bonds. The van der Waals surface area contributed by atoms with Gasteiger partial charge in [-0.25, -0.2) is 4.98 Å². The number of nitrogens with zero attached hydrogens (tertiary/aromatic N) is 3. The zero-order chi connectivity index (χ0) is 18.2. The highest BCUT2D eigenvalue weighted by Gasteiger charge is 2.22. The van der Waals surface area contributed by atoms with Crippen LogP contribution in [0.1, 0.15) is 29.7 Å². The van der Waals surface area contributed by atoms with Gasteiger partial charge in [0.25, 0.3) is 0 Å². The molecule has 6 heteroatoms. The number of likely N-dealkylation sites (tertiary alicyclic amines) is 1. The summed E-state index contributed by atoms with van der Waals surface area (Å²) in [4.78, 5) is 12.6. The second-order valence-corrected chi connectivity index (χ2v) is 7.61. The maximum Gasteiger partial charge on any atom is 0.193 e. The molecule has 1 aromatic heterocycles. The first-order chi connectivity index (χ1) is 12.8. The van der Waals surface area contributed by atoms with Crippen molar-refractivity contribution in [1.29, 1.82) is 0 Å². The normalized spacial score (nSPS) is 15.9. The Labute approximate surface area is 160 Å². The zero-order valence-electron chi connectivity index (χ0n) is 15.6. The van der Waals surface area contributed by atoms with Crippen LogP contribution in [-0.2, 0) is 12.8 Å². The molecule has 0 spiro atoms. The minimum Gasteiger partial charge on any atom is -0.490 e. The predicted molar refractivity (Wildman–Crippen MR) is 108 cm³/mol. The molecule has 3 rings (SSSR count). The molecule has 0 atom stereocenters. The molecule has 140 valence electrons. The third kappa shape index (κ3) is 5.21. The summed E-state index contributed by atoms with van der Waals surface area (Å²) >= 11 is 1.81. The smallest absolute Gasteiger partial charge is 0.193 e. The van der Waals surface area contributed by atoms with Crippen LogP contribution in [0.5, 0.6) is 5.75 Å². The highest BCUT2D eigenvalue weighted by atomic mass is 32.1. The van der Waals surface area contributed by atoms with Gasteiger partial charge in [-0.1, -0.05) is 25.1 Å². The minimum atomic E-state index is 0.287. The van der Waals surface area contributed by atoms with Crippen molar-refractivity contribution in [2.75, 3.05) is 26.7 Å². The van der Waals surface area contributed by atoms with Crippen molar-refractivity contribution >= 4 is 17.3 Å². The van der Waals surface area contributed by atoms with Crippen molar-refractivity contribution in [3.63, 3.8) is 0 Å². The lowest BCUT2D eigenvalue weighted by Gasteiger charge is -2.34. The fraction of sp³-hybridized carbons (Fsp3) is 0.500. The number of hydrogen-bond donors (Lipinski definition) is 1. The molecular formula is C20H28N4OS. The topological polar surface area (TPSA) is 49.8 Å². The van der Waals surface area contributed by atoms with Crippen molar-refractivity contribution in [3.05, 3.63) is 46.4 Å². The zero-order valence-corrected chi connectivity index (χ0v) is 16.5. The number of guanidine groups is 1. The van der Waals surface area contributed by atoms with Crippen LogP contribution in [-0.4, -0.2) is 48.6 Å². The number of para-hydroxylation sites is 1. The number of hydrogen-bond acceptors (Lipinski definition) is 4. The largest absolute Gasteiger partial charge is 0.490 e. The molecule has 0 unspecified atom stereocenters. The van der Waals surface area contributed by atoms with Gasteiger partial charge in [0, 0.05) is 57.0 Å². The lowest BCUT2D eigenvalue weighted by atomic mass is 10.1. The summed E-state index contributed by atoms with van der Waals surface area (Å²) in [5.74, 6) is 1.94. The summed E-state index contributed by atoms with van der Waals surface area (Å²) in [5.41, 5.74) is 0. The van der Waals surface area contributed by atoms with Crippen LogP contribution in [0.25, 0.3) is 0 Å². The molecule has 1 aromatic carbocycles. The van der Waals surface area contributed by atoms with Crippen LogP contribution in [0.3, 0.4) is 0 Å². The molecule has 1 aliphatic rings. The number of piperidine rings is 1. The maximum atomic E-state index is 6.08. The van der Waals surface area contributed by atoms with E-state index in [-0.39, 0.29) is 6.10 Å². The molecule has 0 saturated carbocycles. The Morgan fingerprint density at radius 3 is 2.73 bits per heavy atom. The summed E-state index contributed by atoms with van der Waals surface area (Å²) in [6.07, 6.45) is 6.31. The second kappa shape index (κ2) is 9.57. The molecule has 2 aromatic rings. The Morgan fingerprint density at radius 2 is 2.08 bits per heavy atom. The Hall–Kier alpha value is -2.08. The summed E-state index contributed by atoms with van der Waals surface area (Å²) in [6, 6.07) is 10.1. The molecule has 1 saturated heterocycles. The molecule has 1 N–H and O–H groups in total. The van der Waals surface area contributed by atoms with Crippen LogP contribution >= 0.6 is 11.3 Å². The average Bonchev–Trinajstić information content (AvgIpc) is 3.15. The van der Waals surface area contributed by atoms with Crippen molar-refractivity contribution in [2.24, 2.45) is 4.99 Å². The number of ether oxygens (including phenoxy) is 1. The van der Waals surface area contributed by atoms with Crippen LogP contribution < -0.4 is 10.1 Å². The Morgan fingerprint density at radius 1 is 1.31 bits per heavy atom. The summed E-state index contributed by atoms with van der Waals surface area (Å²) in [6.45, 7) is 4.97. The van der Waals surface area contributed by atoms with E-state index in [9.17, 15) is 0 Å². The number of aryl methyl sites for hydroxylation is 1. The quantitative estimate of drug-likeness (QED) is 0.624. The number of thiazole rings is 1. The number of benzene rings is 1. The summed E-state index contributed by atoms with van der Waals surface area (Å²) < 4.78 is 6.08. The molecule has 5 nitrogen and oxygen atoms in total. The van der Waals surface area contributed by atoms with Gasteiger partial charge in [-0.05, 0) is 18.6 Å². The summed E-state index contributed by atoms with van der Waals surface area (Å²) in [7, 11) is 1.85. The van der Waals surface area contributed by atoms with E-state index in [0.29, 0.717) is 0 Å². The molecule has 0 radical (unpaired) electrons. The van der Waals surface area contributed by atoms with Gasteiger partial charge in [-0.3, -0.25) is 4.99 Å². The van der Waals surface area contributed by atoms with Gasteiger partial charge in [0.2, 0.25) is 0 Å². The third-order valence-electron chi connectivity index (χ3n) is 4.57. The number of nitrogens with one attached hydrogen (secondary N) is 1. The van der Waals surface area contributed by atoms with E-state index in [2.05, 4.69) is 27.1 Å².